The van der Waals surface area contributed by atoms with Gasteiger partial charge in [0, 0.05) is 19.2 Å². The van der Waals surface area contributed by atoms with E-state index in [4.69, 9.17) is 9.15 Å². The second kappa shape index (κ2) is 7.80. The zero-order valence-electron chi connectivity index (χ0n) is 15.5. The number of nitrogens with zero attached hydrogens (tertiary/aromatic N) is 1. The number of hydrogen-bond acceptors (Lipinski definition) is 4. The third kappa shape index (κ3) is 4.29. The molecule has 0 saturated carbocycles. The molecule has 0 radical (unpaired) electrons. The van der Waals surface area contributed by atoms with Gasteiger partial charge in [-0.05, 0) is 30.0 Å². The van der Waals surface area contributed by atoms with Crippen LogP contribution >= 0.6 is 0 Å². The van der Waals surface area contributed by atoms with Gasteiger partial charge in [-0.3, -0.25) is 9.69 Å². The molecule has 0 spiro atoms. The van der Waals surface area contributed by atoms with E-state index in [0.717, 1.165) is 25.1 Å². The lowest BCUT2D eigenvalue weighted by atomic mass is 10.00. The zero-order chi connectivity index (χ0) is 18.6. The molecule has 138 valence electrons. The van der Waals surface area contributed by atoms with E-state index in [9.17, 15) is 4.79 Å². The number of rotatable bonds is 5. The third-order valence-corrected chi connectivity index (χ3v) is 4.96. The summed E-state index contributed by atoms with van der Waals surface area (Å²) in [6.07, 6.45) is 2.46. The third-order valence-electron chi connectivity index (χ3n) is 4.96. The summed E-state index contributed by atoms with van der Waals surface area (Å²) < 4.78 is 11.3. The van der Waals surface area contributed by atoms with Crippen molar-refractivity contribution in [2.45, 2.75) is 33.0 Å². The van der Waals surface area contributed by atoms with Gasteiger partial charge in [-0.1, -0.05) is 54.1 Å². The second-order valence-corrected chi connectivity index (χ2v) is 7.08. The maximum Gasteiger partial charge on any atom is 0.227 e. The second-order valence-electron chi connectivity index (χ2n) is 7.08. The fourth-order valence-electron chi connectivity index (χ4n) is 3.38. The summed E-state index contributed by atoms with van der Waals surface area (Å²) in [5.74, 6) is 0.922. The van der Waals surface area contributed by atoms with Crippen molar-refractivity contribution >= 4 is 0 Å². The molecule has 3 aromatic rings. The Morgan fingerprint density at radius 2 is 1.85 bits per heavy atom. The van der Waals surface area contributed by atoms with Gasteiger partial charge in [0.05, 0.1) is 6.54 Å². The highest BCUT2D eigenvalue weighted by Gasteiger charge is 2.17. The molecule has 4 rings (SSSR count). The lowest BCUT2D eigenvalue weighted by Gasteiger charge is -2.28. The molecule has 0 aliphatic carbocycles. The van der Waals surface area contributed by atoms with Crippen LogP contribution in [0, 0.1) is 6.92 Å². The van der Waals surface area contributed by atoms with Crippen molar-refractivity contribution in [2.24, 2.45) is 0 Å². The number of aryl methyl sites for hydroxylation is 1. The van der Waals surface area contributed by atoms with Gasteiger partial charge in [0.15, 0.2) is 0 Å². The quantitative estimate of drug-likeness (QED) is 0.687. The molecule has 0 unspecified atom stereocenters. The predicted octanol–water partition coefficient (Wildman–Crippen LogP) is 4.09. The highest BCUT2D eigenvalue weighted by Crippen LogP contribution is 2.20. The molecule has 27 heavy (non-hydrogen) atoms. The Bertz CT molecular complexity index is 975. The van der Waals surface area contributed by atoms with E-state index in [1.165, 1.54) is 23.0 Å². The van der Waals surface area contributed by atoms with Gasteiger partial charge in [-0.15, -0.1) is 0 Å². The number of hydrogen-bond donors (Lipinski definition) is 0. The van der Waals surface area contributed by atoms with Gasteiger partial charge < -0.3 is 9.15 Å². The normalized spacial score (nSPS) is 14.0. The van der Waals surface area contributed by atoms with Crippen molar-refractivity contribution in [1.29, 1.82) is 0 Å². The largest absolute Gasteiger partial charge is 0.482 e. The van der Waals surface area contributed by atoms with Crippen LogP contribution in [0.5, 0.6) is 5.75 Å². The van der Waals surface area contributed by atoms with E-state index in [1.807, 2.05) is 31.2 Å². The topological polar surface area (TPSA) is 42.7 Å². The minimum absolute atomic E-state index is 0.138. The summed E-state index contributed by atoms with van der Waals surface area (Å²) in [7, 11) is 0. The highest BCUT2D eigenvalue weighted by molar-refractivity contribution is 5.29. The van der Waals surface area contributed by atoms with E-state index in [0.29, 0.717) is 18.9 Å². The Labute approximate surface area is 159 Å². The smallest absolute Gasteiger partial charge is 0.227 e. The van der Waals surface area contributed by atoms with E-state index in [2.05, 4.69) is 29.2 Å². The van der Waals surface area contributed by atoms with Crippen LogP contribution in [-0.4, -0.2) is 11.4 Å². The lowest BCUT2D eigenvalue weighted by Crippen LogP contribution is -2.30. The first-order chi connectivity index (χ1) is 13.2. The Kier molecular flexibility index (Phi) is 5.07. The molecule has 4 nitrogen and oxygen atoms in total. The van der Waals surface area contributed by atoms with E-state index in [1.54, 1.807) is 6.07 Å². The Balaban J connectivity index is 1.38. The van der Waals surface area contributed by atoms with Crippen LogP contribution in [0.3, 0.4) is 0 Å². The first-order valence-electron chi connectivity index (χ1n) is 9.26. The first-order valence-corrected chi connectivity index (χ1v) is 9.26. The van der Waals surface area contributed by atoms with Crippen molar-refractivity contribution in [3.05, 3.63) is 99.1 Å². The molecule has 0 fully saturated rings. The van der Waals surface area contributed by atoms with Crippen molar-refractivity contribution in [3.63, 3.8) is 0 Å². The van der Waals surface area contributed by atoms with Gasteiger partial charge in [-0.25, -0.2) is 0 Å². The fraction of sp³-hybridized carbons (Fsp3) is 0.261. The van der Waals surface area contributed by atoms with Gasteiger partial charge in [-0.2, -0.15) is 0 Å². The standard InChI is InChI=1S/C23H23NO3/c1-17-6-8-18(9-7-17)15-27-23-16-26-21(12-22(23)25)14-24-11-10-19-4-2-3-5-20(19)13-24/h2-9,12,16H,10-11,13-15H2,1H3. The van der Waals surface area contributed by atoms with Crippen molar-refractivity contribution in [2.75, 3.05) is 6.54 Å². The monoisotopic (exact) mass is 361 g/mol. The van der Waals surface area contributed by atoms with E-state index in [-0.39, 0.29) is 11.2 Å². The first kappa shape index (κ1) is 17.6. The van der Waals surface area contributed by atoms with Crippen LogP contribution in [0.15, 0.2) is 70.1 Å². The molecule has 0 N–H and O–H groups in total. The molecular formula is C23H23NO3. The summed E-state index contributed by atoms with van der Waals surface area (Å²) in [6, 6.07) is 18.1. The van der Waals surface area contributed by atoms with Crippen molar-refractivity contribution in [1.82, 2.24) is 4.90 Å². The minimum atomic E-state index is -0.138. The lowest BCUT2D eigenvalue weighted by molar-refractivity contribution is 0.220. The predicted molar refractivity (Wildman–Crippen MR) is 105 cm³/mol. The van der Waals surface area contributed by atoms with Gasteiger partial charge in [0.25, 0.3) is 0 Å². The van der Waals surface area contributed by atoms with E-state index < -0.39 is 0 Å². The Hall–Kier alpha value is -2.85. The van der Waals surface area contributed by atoms with Crippen LogP contribution in [0.2, 0.25) is 0 Å². The molecule has 0 bridgehead atoms. The summed E-state index contributed by atoms with van der Waals surface area (Å²) in [5.41, 5.74) is 4.85. The van der Waals surface area contributed by atoms with E-state index >= 15 is 0 Å². The van der Waals surface area contributed by atoms with Crippen LogP contribution in [-0.2, 0) is 26.1 Å². The molecule has 2 aromatic carbocycles. The maximum absolute atomic E-state index is 12.4. The highest BCUT2D eigenvalue weighted by atomic mass is 16.5. The molecule has 1 aliphatic rings. The number of benzene rings is 2. The van der Waals surface area contributed by atoms with Crippen LogP contribution < -0.4 is 10.2 Å². The average Bonchev–Trinajstić information content (AvgIpc) is 2.68. The molecule has 0 atom stereocenters. The van der Waals surface area contributed by atoms with Crippen LogP contribution in [0.4, 0.5) is 0 Å². The van der Waals surface area contributed by atoms with Crippen molar-refractivity contribution in [3.8, 4) is 5.75 Å². The summed E-state index contributed by atoms with van der Waals surface area (Å²) >= 11 is 0. The fourth-order valence-corrected chi connectivity index (χ4v) is 3.38. The molecule has 2 heterocycles. The summed E-state index contributed by atoms with van der Waals surface area (Å²) in [4.78, 5) is 14.7. The minimum Gasteiger partial charge on any atom is -0.482 e. The number of ether oxygens (including phenoxy) is 1. The molecule has 4 heteroatoms. The van der Waals surface area contributed by atoms with Crippen LogP contribution in [0.1, 0.15) is 28.0 Å². The van der Waals surface area contributed by atoms with Gasteiger partial charge >= 0.3 is 0 Å². The molecule has 1 aliphatic heterocycles. The maximum atomic E-state index is 12.4. The molecule has 0 amide bonds. The SMILES string of the molecule is Cc1ccc(COc2coc(CN3CCc4ccccc4C3)cc2=O)cc1. The van der Waals surface area contributed by atoms with Gasteiger partial charge in [0.1, 0.15) is 18.6 Å². The van der Waals surface area contributed by atoms with Crippen molar-refractivity contribution < 1.29 is 9.15 Å². The number of fused-ring (bicyclic) bond motifs is 1. The van der Waals surface area contributed by atoms with Crippen LogP contribution in [0.25, 0.3) is 0 Å². The Morgan fingerprint density at radius 1 is 1.07 bits per heavy atom. The summed E-state index contributed by atoms with van der Waals surface area (Å²) in [6.45, 7) is 4.87. The molecular weight excluding hydrogens is 338 g/mol. The molecule has 0 saturated heterocycles. The zero-order valence-corrected chi connectivity index (χ0v) is 15.5. The van der Waals surface area contributed by atoms with Gasteiger partial charge in [0.2, 0.25) is 11.2 Å². The summed E-state index contributed by atoms with van der Waals surface area (Å²) in [5, 5.41) is 0. The molecule has 1 aromatic heterocycles. The average molecular weight is 361 g/mol. The Morgan fingerprint density at radius 3 is 2.63 bits per heavy atom.